The fourth-order valence-electron chi connectivity index (χ4n) is 2.50. The molecular weight excluding hydrogens is 321 g/mol. The molecule has 0 radical (unpaired) electrons. The Bertz CT molecular complexity index is 556. The molecule has 1 aliphatic heterocycles. The van der Waals surface area contributed by atoms with E-state index in [0.29, 0.717) is 26.2 Å². The monoisotopic (exact) mass is 336 g/mol. The lowest BCUT2D eigenvalue weighted by atomic mass is 10.1. The Morgan fingerprint density at radius 3 is 2.32 bits per heavy atom. The van der Waals surface area contributed by atoms with Crippen molar-refractivity contribution in [1.82, 2.24) is 4.90 Å². The summed E-state index contributed by atoms with van der Waals surface area (Å²) in [4.78, 5) is 14.5. The molecule has 22 heavy (non-hydrogen) atoms. The largest absolute Gasteiger partial charge is 0.418 e. The lowest BCUT2D eigenvalue weighted by Crippen LogP contribution is -2.50. The Labute approximate surface area is 131 Å². The third-order valence-corrected chi connectivity index (χ3v) is 3.93. The molecule has 0 spiro atoms. The fraction of sp³-hybridized carbons (Fsp3) is 0.500. The zero-order chi connectivity index (χ0) is 16.5. The highest BCUT2D eigenvalue weighted by atomic mass is 35.5. The minimum absolute atomic E-state index is 0.0272. The standard InChI is InChI=1S/C14H16ClF3N2O2/c1-9(21)19-4-6-20(7-5-19)12-3-2-10(13(15)22)8-11(12)14(16,17)18/h2-3,8-9,21H,4-7H2,1H3. The summed E-state index contributed by atoms with van der Waals surface area (Å²) in [5, 5.41) is 8.57. The van der Waals surface area contributed by atoms with E-state index in [0.717, 1.165) is 6.07 Å². The predicted molar refractivity (Wildman–Crippen MR) is 77.1 cm³/mol. The lowest BCUT2D eigenvalue weighted by molar-refractivity contribution is -0.137. The topological polar surface area (TPSA) is 43.8 Å². The van der Waals surface area contributed by atoms with Crippen LogP contribution in [-0.2, 0) is 6.18 Å². The quantitative estimate of drug-likeness (QED) is 0.862. The summed E-state index contributed by atoms with van der Waals surface area (Å²) < 4.78 is 39.7. The van der Waals surface area contributed by atoms with Crippen molar-refractivity contribution in [3.63, 3.8) is 0 Å². The molecule has 2 rings (SSSR count). The SMILES string of the molecule is CC(O)N1CCN(c2ccc(C(=O)Cl)cc2C(F)(F)F)CC1. The fourth-order valence-corrected chi connectivity index (χ4v) is 2.62. The van der Waals surface area contributed by atoms with E-state index >= 15 is 0 Å². The van der Waals surface area contributed by atoms with Crippen LogP contribution < -0.4 is 4.90 Å². The van der Waals surface area contributed by atoms with Gasteiger partial charge >= 0.3 is 6.18 Å². The summed E-state index contributed by atoms with van der Waals surface area (Å²) in [5.41, 5.74) is -1.02. The van der Waals surface area contributed by atoms with Crippen LogP contribution in [0.2, 0.25) is 0 Å². The van der Waals surface area contributed by atoms with E-state index in [2.05, 4.69) is 0 Å². The number of nitrogens with zero attached hydrogens (tertiary/aromatic N) is 2. The van der Waals surface area contributed by atoms with E-state index in [-0.39, 0.29) is 11.3 Å². The van der Waals surface area contributed by atoms with Gasteiger partial charge in [-0.05, 0) is 36.7 Å². The molecular formula is C14H16ClF3N2O2. The number of carbonyl (C=O) groups excluding carboxylic acids is 1. The van der Waals surface area contributed by atoms with Gasteiger partial charge in [-0.25, -0.2) is 0 Å². The van der Waals surface area contributed by atoms with E-state index < -0.39 is 23.2 Å². The summed E-state index contributed by atoms with van der Waals surface area (Å²) in [7, 11) is 0. The Kier molecular flexibility index (Phi) is 4.99. The first kappa shape index (κ1) is 17.1. The number of carbonyl (C=O) groups is 1. The number of piperazine rings is 1. The molecule has 1 aliphatic rings. The van der Waals surface area contributed by atoms with E-state index in [9.17, 15) is 23.1 Å². The lowest BCUT2D eigenvalue weighted by Gasteiger charge is -2.38. The van der Waals surface area contributed by atoms with Crippen molar-refractivity contribution in [3.8, 4) is 0 Å². The molecule has 0 aromatic heterocycles. The van der Waals surface area contributed by atoms with Crippen LogP contribution in [0.3, 0.4) is 0 Å². The highest BCUT2D eigenvalue weighted by molar-refractivity contribution is 6.67. The average molecular weight is 337 g/mol. The molecule has 1 atom stereocenters. The summed E-state index contributed by atoms with van der Waals surface area (Å²) in [6.45, 7) is 3.28. The Hall–Kier alpha value is -1.31. The molecule has 8 heteroatoms. The number of hydrogen-bond donors (Lipinski definition) is 1. The van der Waals surface area contributed by atoms with Crippen LogP contribution in [0.5, 0.6) is 0 Å². The highest BCUT2D eigenvalue weighted by Gasteiger charge is 2.36. The van der Waals surface area contributed by atoms with Gasteiger partial charge < -0.3 is 10.0 Å². The molecule has 0 aliphatic carbocycles. The number of halogens is 4. The third kappa shape index (κ3) is 3.71. The van der Waals surface area contributed by atoms with Gasteiger partial charge in [0.2, 0.25) is 0 Å². The second kappa shape index (κ2) is 6.44. The van der Waals surface area contributed by atoms with Crippen molar-refractivity contribution in [2.75, 3.05) is 31.1 Å². The predicted octanol–water partition coefficient (Wildman–Crippen LogP) is 2.54. The number of hydrogen-bond acceptors (Lipinski definition) is 4. The highest BCUT2D eigenvalue weighted by Crippen LogP contribution is 2.37. The average Bonchev–Trinajstić information content (AvgIpc) is 2.45. The van der Waals surface area contributed by atoms with Crippen LogP contribution >= 0.6 is 11.6 Å². The maximum Gasteiger partial charge on any atom is 0.418 e. The number of rotatable bonds is 3. The second-order valence-corrected chi connectivity index (χ2v) is 5.50. The van der Waals surface area contributed by atoms with E-state index in [1.54, 1.807) is 16.7 Å². The Morgan fingerprint density at radius 1 is 1.27 bits per heavy atom. The van der Waals surface area contributed by atoms with E-state index in [1.165, 1.54) is 12.1 Å². The Morgan fingerprint density at radius 2 is 1.86 bits per heavy atom. The molecule has 1 N–H and O–H groups in total. The number of alkyl halides is 3. The van der Waals surface area contributed by atoms with Gasteiger partial charge in [0.1, 0.15) is 6.23 Å². The van der Waals surface area contributed by atoms with Crippen LogP contribution in [0.4, 0.5) is 18.9 Å². The molecule has 1 unspecified atom stereocenters. The molecule has 0 amide bonds. The molecule has 1 fully saturated rings. The summed E-state index contributed by atoms with van der Waals surface area (Å²) in [5.74, 6) is 0. The molecule has 0 bridgehead atoms. The van der Waals surface area contributed by atoms with Gasteiger partial charge in [-0.15, -0.1) is 0 Å². The summed E-state index contributed by atoms with van der Waals surface area (Å²) >= 11 is 5.26. The zero-order valence-corrected chi connectivity index (χ0v) is 12.7. The van der Waals surface area contributed by atoms with Crippen LogP contribution in [-0.4, -0.2) is 47.7 Å². The van der Waals surface area contributed by atoms with Crippen LogP contribution in [0, 0.1) is 0 Å². The molecule has 1 aromatic rings. The van der Waals surface area contributed by atoms with Gasteiger partial charge in [-0.2, -0.15) is 13.2 Å². The molecule has 1 heterocycles. The number of benzene rings is 1. The van der Waals surface area contributed by atoms with Crippen molar-refractivity contribution in [1.29, 1.82) is 0 Å². The second-order valence-electron chi connectivity index (χ2n) is 5.16. The molecule has 0 saturated carbocycles. The van der Waals surface area contributed by atoms with Gasteiger partial charge in [0.15, 0.2) is 0 Å². The summed E-state index contributed by atoms with van der Waals surface area (Å²) in [6, 6.07) is 3.35. The first-order valence-corrected chi connectivity index (χ1v) is 7.16. The normalized spacial score (nSPS) is 18.4. The number of aliphatic hydroxyl groups excluding tert-OH is 1. The maximum atomic E-state index is 13.2. The molecule has 1 aromatic carbocycles. The zero-order valence-electron chi connectivity index (χ0n) is 11.9. The van der Waals surface area contributed by atoms with Gasteiger partial charge in [-0.3, -0.25) is 9.69 Å². The number of aliphatic hydroxyl groups is 1. The minimum Gasteiger partial charge on any atom is -0.379 e. The van der Waals surface area contributed by atoms with Crippen molar-refractivity contribution in [3.05, 3.63) is 29.3 Å². The first-order chi connectivity index (χ1) is 10.2. The first-order valence-electron chi connectivity index (χ1n) is 6.78. The minimum atomic E-state index is -4.57. The molecule has 122 valence electrons. The van der Waals surface area contributed by atoms with Gasteiger partial charge in [0.25, 0.3) is 5.24 Å². The Balaban J connectivity index is 2.29. The smallest absolute Gasteiger partial charge is 0.379 e. The van der Waals surface area contributed by atoms with Crippen molar-refractivity contribution >= 4 is 22.5 Å². The van der Waals surface area contributed by atoms with Gasteiger partial charge in [0, 0.05) is 37.4 Å². The third-order valence-electron chi connectivity index (χ3n) is 3.71. The molecule has 4 nitrogen and oxygen atoms in total. The number of anilines is 1. The van der Waals surface area contributed by atoms with Gasteiger partial charge in [0.05, 0.1) is 5.56 Å². The van der Waals surface area contributed by atoms with E-state index in [1.807, 2.05) is 0 Å². The van der Waals surface area contributed by atoms with Crippen molar-refractivity contribution in [2.45, 2.75) is 19.3 Å². The van der Waals surface area contributed by atoms with Crippen LogP contribution in [0.1, 0.15) is 22.8 Å². The van der Waals surface area contributed by atoms with Gasteiger partial charge in [-0.1, -0.05) is 0 Å². The van der Waals surface area contributed by atoms with E-state index in [4.69, 9.17) is 11.6 Å². The van der Waals surface area contributed by atoms with Crippen molar-refractivity contribution < 1.29 is 23.1 Å². The van der Waals surface area contributed by atoms with Crippen molar-refractivity contribution in [2.24, 2.45) is 0 Å². The maximum absolute atomic E-state index is 13.2. The van der Waals surface area contributed by atoms with Crippen LogP contribution in [0.15, 0.2) is 18.2 Å². The molecule has 1 saturated heterocycles. The summed E-state index contributed by atoms with van der Waals surface area (Å²) in [6.07, 6.45) is -5.19. The van der Waals surface area contributed by atoms with Crippen LogP contribution in [0.25, 0.3) is 0 Å².